The lowest BCUT2D eigenvalue weighted by molar-refractivity contribution is 0.131. The second-order valence-corrected chi connectivity index (χ2v) is 3.46. The molecule has 1 atom stereocenters. The Labute approximate surface area is 87.3 Å². The van der Waals surface area contributed by atoms with Crippen molar-refractivity contribution in [3.8, 4) is 0 Å². The largest absolute Gasteiger partial charge is 0.391 e. The number of epoxide rings is 1. The third-order valence-electron chi connectivity index (χ3n) is 1.81. The van der Waals surface area contributed by atoms with Crippen molar-refractivity contribution in [2.75, 3.05) is 6.61 Å². The van der Waals surface area contributed by atoms with E-state index in [1.54, 1.807) is 6.21 Å². The minimum atomic E-state index is 0.167. The van der Waals surface area contributed by atoms with Crippen molar-refractivity contribution >= 4 is 17.8 Å². The van der Waals surface area contributed by atoms with E-state index in [2.05, 4.69) is 5.16 Å². The summed E-state index contributed by atoms with van der Waals surface area (Å²) in [5.41, 5.74) is 1.04. The lowest BCUT2D eigenvalue weighted by atomic mass is 10.2. The Morgan fingerprint density at radius 2 is 2.21 bits per heavy atom. The average Bonchev–Trinajstić information content (AvgIpc) is 2.99. The lowest BCUT2D eigenvalue weighted by Gasteiger charge is -1.98. The van der Waals surface area contributed by atoms with Crippen LogP contribution in [0.4, 0.5) is 0 Å². The van der Waals surface area contributed by atoms with E-state index in [9.17, 15) is 0 Å². The molecule has 1 aliphatic rings. The first-order chi connectivity index (χ1) is 6.84. The molecule has 1 aliphatic heterocycles. The molecule has 0 aromatic heterocycles. The maximum absolute atomic E-state index is 5.74. The van der Waals surface area contributed by atoms with Crippen LogP contribution in [0.3, 0.4) is 0 Å². The number of hydrogen-bond donors (Lipinski definition) is 0. The van der Waals surface area contributed by atoms with Gasteiger partial charge in [0.25, 0.3) is 0 Å². The van der Waals surface area contributed by atoms with Crippen molar-refractivity contribution in [1.82, 2.24) is 0 Å². The van der Waals surface area contributed by atoms with Gasteiger partial charge in [-0.2, -0.15) is 0 Å². The SMILES string of the molecule is Clc1ccc(CO/N=C/C2CO2)cc1. The Kier molecular flexibility index (Phi) is 3.01. The molecule has 0 radical (unpaired) electrons. The molecule has 2 rings (SSSR count). The van der Waals surface area contributed by atoms with Crippen LogP contribution in [-0.2, 0) is 16.2 Å². The quantitative estimate of drug-likeness (QED) is 0.435. The van der Waals surface area contributed by atoms with Crippen LogP contribution in [0.15, 0.2) is 29.4 Å². The number of rotatable bonds is 4. The van der Waals surface area contributed by atoms with E-state index in [1.165, 1.54) is 0 Å². The number of benzene rings is 1. The molecule has 1 unspecified atom stereocenters. The fourth-order valence-corrected chi connectivity index (χ4v) is 1.07. The summed E-state index contributed by atoms with van der Waals surface area (Å²) in [6, 6.07) is 7.47. The smallest absolute Gasteiger partial charge is 0.142 e. The highest BCUT2D eigenvalue weighted by atomic mass is 35.5. The standard InChI is InChI=1S/C10H10ClNO2/c11-9-3-1-8(2-4-9)6-14-12-5-10-7-13-10/h1-5,10H,6-7H2/b12-5+. The van der Waals surface area contributed by atoms with Crippen molar-refractivity contribution in [2.45, 2.75) is 12.7 Å². The van der Waals surface area contributed by atoms with Crippen LogP contribution in [0.2, 0.25) is 5.02 Å². The van der Waals surface area contributed by atoms with Crippen molar-refractivity contribution in [3.05, 3.63) is 34.9 Å². The molecule has 0 N–H and O–H groups in total. The van der Waals surface area contributed by atoms with Crippen molar-refractivity contribution in [3.63, 3.8) is 0 Å². The van der Waals surface area contributed by atoms with Crippen LogP contribution in [0.1, 0.15) is 5.56 Å². The highest BCUT2D eigenvalue weighted by Crippen LogP contribution is 2.10. The Bertz CT molecular complexity index is 319. The number of ether oxygens (including phenoxy) is 1. The third-order valence-corrected chi connectivity index (χ3v) is 2.06. The summed E-state index contributed by atoms with van der Waals surface area (Å²) in [6.07, 6.45) is 1.83. The van der Waals surface area contributed by atoms with Gasteiger partial charge in [0.1, 0.15) is 12.7 Å². The van der Waals surface area contributed by atoms with Gasteiger partial charge in [-0.1, -0.05) is 28.9 Å². The van der Waals surface area contributed by atoms with E-state index in [0.717, 1.165) is 17.2 Å². The van der Waals surface area contributed by atoms with E-state index >= 15 is 0 Å². The summed E-state index contributed by atoms with van der Waals surface area (Å²) in [4.78, 5) is 5.06. The van der Waals surface area contributed by atoms with E-state index < -0.39 is 0 Å². The van der Waals surface area contributed by atoms with Crippen LogP contribution in [0.5, 0.6) is 0 Å². The Morgan fingerprint density at radius 3 is 2.86 bits per heavy atom. The van der Waals surface area contributed by atoms with Gasteiger partial charge in [-0.05, 0) is 17.7 Å². The maximum Gasteiger partial charge on any atom is 0.142 e. The van der Waals surface area contributed by atoms with E-state index in [0.29, 0.717) is 6.61 Å². The number of hydrogen-bond acceptors (Lipinski definition) is 3. The molecule has 0 spiro atoms. The highest BCUT2D eigenvalue weighted by molar-refractivity contribution is 6.30. The van der Waals surface area contributed by atoms with Gasteiger partial charge in [0.2, 0.25) is 0 Å². The Hall–Kier alpha value is -1.06. The van der Waals surface area contributed by atoms with E-state index in [4.69, 9.17) is 21.2 Å². The lowest BCUT2D eigenvalue weighted by Crippen LogP contribution is -1.90. The second kappa shape index (κ2) is 4.44. The van der Waals surface area contributed by atoms with Crippen LogP contribution in [0.25, 0.3) is 0 Å². The molecule has 0 aliphatic carbocycles. The number of halogens is 1. The van der Waals surface area contributed by atoms with Gasteiger partial charge >= 0.3 is 0 Å². The summed E-state index contributed by atoms with van der Waals surface area (Å²) < 4.78 is 4.93. The van der Waals surface area contributed by atoms with Crippen LogP contribution >= 0.6 is 11.6 Å². The monoisotopic (exact) mass is 211 g/mol. The molecule has 1 aromatic carbocycles. The summed E-state index contributed by atoms with van der Waals surface area (Å²) >= 11 is 5.74. The molecular weight excluding hydrogens is 202 g/mol. The van der Waals surface area contributed by atoms with Gasteiger partial charge in [0, 0.05) is 5.02 Å². The zero-order chi connectivity index (χ0) is 9.80. The normalized spacial score (nSPS) is 19.9. The van der Waals surface area contributed by atoms with E-state index in [-0.39, 0.29) is 6.10 Å². The van der Waals surface area contributed by atoms with Crippen LogP contribution in [-0.4, -0.2) is 18.9 Å². The first-order valence-corrected chi connectivity index (χ1v) is 4.74. The van der Waals surface area contributed by atoms with Gasteiger partial charge in [0.15, 0.2) is 0 Å². The molecule has 3 nitrogen and oxygen atoms in total. The highest BCUT2D eigenvalue weighted by Gasteiger charge is 2.19. The summed E-state index contributed by atoms with van der Waals surface area (Å²) in [6.45, 7) is 1.22. The fraction of sp³-hybridized carbons (Fsp3) is 0.300. The van der Waals surface area contributed by atoms with Gasteiger partial charge in [-0.25, -0.2) is 0 Å². The molecule has 1 saturated heterocycles. The Morgan fingerprint density at radius 1 is 1.50 bits per heavy atom. The molecule has 0 saturated carbocycles. The molecule has 4 heteroatoms. The topological polar surface area (TPSA) is 34.1 Å². The average molecular weight is 212 g/mol. The predicted octanol–water partition coefficient (Wildman–Crippen LogP) is 2.24. The second-order valence-electron chi connectivity index (χ2n) is 3.03. The molecule has 14 heavy (non-hydrogen) atoms. The Balaban J connectivity index is 1.76. The van der Waals surface area contributed by atoms with Crippen molar-refractivity contribution in [1.29, 1.82) is 0 Å². The van der Waals surface area contributed by atoms with Gasteiger partial charge in [0.05, 0.1) is 12.8 Å². The number of nitrogens with zero attached hydrogens (tertiary/aromatic N) is 1. The minimum Gasteiger partial charge on any atom is -0.391 e. The first-order valence-electron chi connectivity index (χ1n) is 4.36. The van der Waals surface area contributed by atoms with E-state index in [1.807, 2.05) is 24.3 Å². The zero-order valence-corrected chi connectivity index (χ0v) is 8.28. The predicted molar refractivity (Wildman–Crippen MR) is 54.5 cm³/mol. The third kappa shape index (κ3) is 3.01. The van der Waals surface area contributed by atoms with Crippen molar-refractivity contribution < 1.29 is 9.57 Å². The fourth-order valence-electron chi connectivity index (χ4n) is 0.945. The summed E-state index contributed by atoms with van der Waals surface area (Å²) in [7, 11) is 0. The van der Waals surface area contributed by atoms with Gasteiger partial charge in [-0.15, -0.1) is 0 Å². The molecule has 0 amide bonds. The summed E-state index contributed by atoms with van der Waals surface area (Å²) in [5, 5.41) is 4.49. The van der Waals surface area contributed by atoms with Gasteiger partial charge < -0.3 is 9.57 Å². The molecule has 1 heterocycles. The minimum absolute atomic E-state index is 0.167. The number of oxime groups is 1. The molecule has 1 aromatic rings. The maximum atomic E-state index is 5.74. The zero-order valence-electron chi connectivity index (χ0n) is 7.52. The molecular formula is C10H10ClNO2. The van der Waals surface area contributed by atoms with Crippen molar-refractivity contribution in [2.24, 2.45) is 5.16 Å². The molecule has 1 fully saturated rings. The molecule has 74 valence electrons. The molecule has 0 bridgehead atoms. The van der Waals surface area contributed by atoms with Crippen LogP contribution < -0.4 is 0 Å². The van der Waals surface area contributed by atoms with Gasteiger partial charge in [-0.3, -0.25) is 0 Å². The summed E-state index contributed by atoms with van der Waals surface area (Å²) in [5.74, 6) is 0. The van der Waals surface area contributed by atoms with Crippen LogP contribution in [0, 0.1) is 0 Å². The first kappa shape index (κ1) is 9.49.